The molecule has 0 bridgehead atoms. The largest absolute Gasteiger partial charge is 0.329 e. The van der Waals surface area contributed by atoms with Gasteiger partial charge in [-0.15, -0.1) is 0 Å². The fourth-order valence-electron chi connectivity index (χ4n) is 1.64. The smallest absolute Gasteiger partial charge is 0.141 e. The van der Waals surface area contributed by atoms with Crippen LogP contribution in [0.15, 0.2) is 6.33 Å². The van der Waals surface area contributed by atoms with E-state index in [1.165, 1.54) is 0 Å². The molecular formula is C11H23N5. The maximum Gasteiger partial charge on any atom is 0.141 e. The van der Waals surface area contributed by atoms with Crippen molar-refractivity contribution in [1.82, 2.24) is 19.7 Å². The Hall–Kier alpha value is -0.940. The number of nitrogens with two attached hydrogens (primary N) is 1. The molecule has 0 saturated heterocycles. The van der Waals surface area contributed by atoms with Crippen molar-refractivity contribution in [3.63, 3.8) is 0 Å². The van der Waals surface area contributed by atoms with Crippen LogP contribution < -0.4 is 5.73 Å². The third kappa shape index (κ3) is 3.90. The third-order valence-electron chi connectivity index (χ3n) is 2.49. The lowest BCUT2D eigenvalue weighted by atomic mass is 10.2. The molecule has 0 saturated carbocycles. The van der Waals surface area contributed by atoms with Gasteiger partial charge in [-0.3, -0.25) is 4.90 Å². The Morgan fingerprint density at radius 3 is 2.81 bits per heavy atom. The highest BCUT2D eigenvalue weighted by Crippen LogP contribution is 2.04. The molecule has 5 heteroatoms. The van der Waals surface area contributed by atoms with Gasteiger partial charge in [0.2, 0.25) is 0 Å². The van der Waals surface area contributed by atoms with Crippen LogP contribution in [0.5, 0.6) is 0 Å². The molecule has 0 radical (unpaired) electrons. The van der Waals surface area contributed by atoms with E-state index in [9.17, 15) is 0 Å². The molecule has 1 aromatic rings. The Labute approximate surface area is 97.6 Å². The Morgan fingerprint density at radius 2 is 2.25 bits per heavy atom. The maximum absolute atomic E-state index is 5.57. The van der Waals surface area contributed by atoms with Gasteiger partial charge in [-0.05, 0) is 12.5 Å². The average molecular weight is 225 g/mol. The van der Waals surface area contributed by atoms with E-state index >= 15 is 0 Å². The van der Waals surface area contributed by atoms with Gasteiger partial charge in [-0.1, -0.05) is 20.8 Å². The summed E-state index contributed by atoms with van der Waals surface area (Å²) >= 11 is 0. The summed E-state index contributed by atoms with van der Waals surface area (Å²) in [6, 6.07) is 0. The number of hydrogen-bond donors (Lipinski definition) is 1. The molecule has 0 atom stereocenters. The van der Waals surface area contributed by atoms with Crippen LogP contribution in [0.4, 0.5) is 0 Å². The minimum absolute atomic E-state index is 0.588. The molecule has 0 aliphatic carbocycles. The second-order valence-corrected chi connectivity index (χ2v) is 4.41. The lowest BCUT2D eigenvalue weighted by Crippen LogP contribution is -2.30. The number of hydrogen-bond acceptors (Lipinski definition) is 4. The minimum atomic E-state index is 0.588. The maximum atomic E-state index is 5.57. The highest BCUT2D eigenvalue weighted by Gasteiger charge is 2.09. The minimum Gasteiger partial charge on any atom is -0.329 e. The van der Waals surface area contributed by atoms with Crippen molar-refractivity contribution in [2.45, 2.75) is 33.9 Å². The highest BCUT2D eigenvalue weighted by molar-refractivity contribution is 4.85. The van der Waals surface area contributed by atoms with Gasteiger partial charge in [0, 0.05) is 19.6 Å². The molecule has 1 aromatic heterocycles. The molecule has 0 spiro atoms. The van der Waals surface area contributed by atoms with E-state index in [0.29, 0.717) is 12.5 Å². The Balaban J connectivity index is 2.61. The van der Waals surface area contributed by atoms with Crippen molar-refractivity contribution >= 4 is 0 Å². The zero-order valence-corrected chi connectivity index (χ0v) is 10.6. The molecule has 92 valence electrons. The van der Waals surface area contributed by atoms with E-state index in [1.807, 2.05) is 4.68 Å². The molecule has 1 rings (SSSR count). The van der Waals surface area contributed by atoms with Gasteiger partial charge < -0.3 is 5.73 Å². The van der Waals surface area contributed by atoms with Gasteiger partial charge in [0.15, 0.2) is 0 Å². The average Bonchev–Trinajstić information content (AvgIpc) is 2.64. The van der Waals surface area contributed by atoms with Crippen molar-refractivity contribution in [1.29, 1.82) is 0 Å². The Morgan fingerprint density at radius 1 is 1.50 bits per heavy atom. The lowest BCUT2D eigenvalue weighted by molar-refractivity contribution is 0.272. The van der Waals surface area contributed by atoms with E-state index < -0.39 is 0 Å². The molecule has 0 aliphatic rings. The molecular weight excluding hydrogens is 202 g/mol. The summed E-state index contributed by atoms with van der Waals surface area (Å²) in [5.74, 6) is 1.62. The van der Waals surface area contributed by atoms with Gasteiger partial charge in [0.05, 0.1) is 6.54 Å². The summed E-state index contributed by atoms with van der Waals surface area (Å²) in [5, 5.41) is 4.25. The van der Waals surface area contributed by atoms with Crippen LogP contribution >= 0.6 is 0 Å². The molecule has 0 unspecified atom stereocenters. The first kappa shape index (κ1) is 13.1. The van der Waals surface area contributed by atoms with Crippen LogP contribution in [0.25, 0.3) is 0 Å². The fourth-order valence-corrected chi connectivity index (χ4v) is 1.64. The van der Waals surface area contributed by atoms with Gasteiger partial charge in [0.25, 0.3) is 0 Å². The second-order valence-electron chi connectivity index (χ2n) is 4.41. The van der Waals surface area contributed by atoms with Gasteiger partial charge in [-0.25, -0.2) is 9.67 Å². The van der Waals surface area contributed by atoms with Crippen LogP contribution in [0.2, 0.25) is 0 Å². The van der Waals surface area contributed by atoms with Gasteiger partial charge >= 0.3 is 0 Å². The molecule has 0 fully saturated rings. The predicted octanol–water partition coefficient (Wildman–Crippen LogP) is 0.715. The van der Waals surface area contributed by atoms with E-state index in [-0.39, 0.29) is 0 Å². The van der Waals surface area contributed by atoms with Gasteiger partial charge in [0.1, 0.15) is 12.2 Å². The van der Waals surface area contributed by atoms with Crippen LogP contribution in [-0.2, 0) is 13.1 Å². The van der Waals surface area contributed by atoms with Crippen molar-refractivity contribution in [3.05, 3.63) is 12.2 Å². The summed E-state index contributed by atoms with van der Waals surface area (Å²) in [5.41, 5.74) is 5.57. The Bertz CT molecular complexity index is 294. The number of likely N-dealkylation sites (N-methyl/N-ethyl adjacent to an activating group) is 1. The second kappa shape index (κ2) is 6.60. The SMILES string of the molecule is CCN(CCN)Cc1ncnn1CC(C)C. The van der Waals surface area contributed by atoms with Crippen molar-refractivity contribution in [3.8, 4) is 0 Å². The molecule has 2 N–H and O–H groups in total. The summed E-state index contributed by atoms with van der Waals surface area (Å²) < 4.78 is 1.99. The summed E-state index contributed by atoms with van der Waals surface area (Å²) in [6.45, 7) is 10.9. The first-order valence-corrected chi connectivity index (χ1v) is 5.96. The summed E-state index contributed by atoms with van der Waals surface area (Å²) in [4.78, 5) is 6.59. The van der Waals surface area contributed by atoms with E-state index in [2.05, 4.69) is 35.8 Å². The molecule has 1 heterocycles. The van der Waals surface area contributed by atoms with Crippen molar-refractivity contribution in [2.24, 2.45) is 11.7 Å². The molecule has 0 amide bonds. The predicted molar refractivity (Wildman–Crippen MR) is 64.9 cm³/mol. The van der Waals surface area contributed by atoms with E-state index in [0.717, 1.165) is 32.0 Å². The zero-order chi connectivity index (χ0) is 12.0. The molecule has 0 aromatic carbocycles. The summed E-state index contributed by atoms with van der Waals surface area (Å²) in [6.07, 6.45) is 1.63. The fraction of sp³-hybridized carbons (Fsp3) is 0.818. The molecule has 0 aliphatic heterocycles. The van der Waals surface area contributed by atoms with Crippen LogP contribution in [0, 0.1) is 5.92 Å². The number of nitrogens with zero attached hydrogens (tertiary/aromatic N) is 4. The third-order valence-corrected chi connectivity index (χ3v) is 2.49. The van der Waals surface area contributed by atoms with E-state index in [1.54, 1.807) is 6.33 Å². The standard InChI is InChI=1S/C11H23N5/c1-4-15(6-5-12)8-11-13-9-14-16(11)7-10(2)3/h9-10H,4-8,12H2,1-3H3. The Kier molecular flexibility index (Phi) is 5.42. The molecule has 16 heavy (non-hydrogen) atoms. The summed E-state index contributed by atoms with van der Waals surface area (Å²) in [7, 11) is 0. The molecule has 5 nitrogen and oxygen atoms in total. The van der Waals surface area contributed by atoms with Crippen molar-refractivity contribution < 1.29 is 0 Å². The van der Waals surface area contributed by atoms with Crippen molar-refractivity contribution in [2.75, 3.05) is 19.6 Å². The lowest BCUT2D eigenvalue weighted by Gasteiger charge is -2.19. The monoisotopic (exact) mass is 225 g/mol. The van der Waals surface area contributed by atoms with E-state index in [4.69, 9.17) is 5.73 Å². The first-order chi connectivity index (χ1) is 7.67. The zero-order valence-electron chi connectivity index (χ0n) is 10.6. The van der Waals surface area contributed by atoms with Crippen LogP contribution in [0.1, 0.15) is 26.6 Å². The quantitative estimate of drug-likeness (QED) is 0.742. The normalized spacial score (nSPS) is 11.6. The number of aromatic nitrogens is 3. The van der Waals surface area contributed by atoms with Crippen LogP contribution in [-0.4, -0.2) is 39.3 Å². The van der Waals surface area contributed by atoms with Crippen LogP contribution in [0.3, 0.4) is 0 Å². The topological polar surface area (TPSA) is 60.0 Å². The first-order valence-electron chi connectivity index (χ1n) is 5.96. The highest BCUT2D eigenvalue weighted by atomic mass is 15.3. The van der Waals surface area contributed by atoms with Gasteiger partial charge in [-0.2, -0.15) is 5.10 Å². The number of rotatable bonds is 7.